The second-order valence-corrected chi connectivity index (χ2v) is 12.2. The van der Waals surface area contributed by atoms with Crippen LogP contribution in [0.1, 0.15) is 71.6 Å². The zero-order valence-corrected chi connectivity index (χ0v) is 20.4. The SMILES string of the molecule is CO[C@H]1CC[C@H]2[C@@H]3CC[C@H]4C[C@H](O[C@H]5O[C@H](CO)[C@@H](O)[C@H](O)[C@H]5O)CC[C@]4(C)[C@H]3CC[C@]12C. The molecule has 5 rings (SSSR count). The Morgan fingerprint density at radius 2 is 1.58 bits per heavy atom. The van der Waals surface area contributed by atoms with Gasteiger partial charge in [0, 0.05) is 7.11 Å². The first-order valence-electron chi connectivity index (χ1n) is 13.2. The maximum atomic E-state index is 10.4. The minimum absolute atomic E-state index is 0.0423. The monoisotopic (exact) mass is 468 g/mol. The van der Waals surface area contributed by atoms with E-state index in [1.54, 1.807) is 0 Å². The van der Waals surface area contributed by atoms with Crippen LogP contribution in [0.15, 0.2) is 0 Å². The Morgan fingerprint density at radius 1 is 0.848 bits per heavy atom. The van der Waals surface area contributed by atoms with E-state index in [9.17, 15) is 20.4 Å². The molecule has 0 spiro atoms. The average molecular weight is 469 g/mol. The van der Waals surface area contributed by atoms with E-state index in [-0.39, 0.29) is 6.10 Å². The minimum atomic E-state index is -1.39. The molecule has 1 saturated heterocycles. The van der Waals surface area contributed by atoms with Crippen molar-refractivity contribution in [2.24, 2.45) is 34.5 Å². The summed E-state index contributed by atoms with van der Waals surface area (Å²) < 4.78 is 17.7. The smallest absolute Gasteiger partial charge is 0.186 e. The Labute approximate surface area is 197 Å². The molecule has 190 valence electrons. The molecule has 0 aromatic rings. The quantitative estimate of drug-likeness (QED) is 0.469. The van der Waals surface area contributed by atoms with Crippen molar-refractivity contribution in [2.75, 3.05) is 13.7 Å². The van der Waals surface area contributed by atoms with Gasteiger partial charge in [0.2, 0.25) is 0 Å². The first kappa shape index (κ1) is 24.4. The lowest BCUT2D eigenvalue weighted by Gasteiger charge is -2.61. The van der Waals surface area contributed by atoms with E-state index >= 15 is 0 Å². The molecule has 4 aliphatic carbocycles. The van der Waals surface area contributed by atoms with Crippen molar-refractivity contribution < 1.29 is 34.6 Å². The van der Waals surface area contributed by atoms with Crippen LogP contribution in [0.4, 0.5) is 0 Å². The van der Waals surface area contributed by atoms with Gasteiger partial charge in [-0.25, -0.2) is 0 Å². The predicted molar refractivity (Wildman–Crippen MR) is 121 cm³/mol. The molecule has 7 nitrogen and oxygen atoms in total. The molecule has 5 aliphatic rings. The Bertz CT molecular complexity index is 702. The van der Waals surface area contributed by atoms with Crippen LogP contribution >= 0.6 is 0 Å². The third-order valence-corrected chi connectivity index (χ3v) is 11.0. The van der Waals surface area contributed by atoms with Crippen molar-refractivity contribution in [1.29, 1.82) is 0 Å². The van der Waals surface area contributed by atoms with E-state index in [0.29, 0.717) is 22.9 Å². The van der Waals surface area contributed by atoms with Gasteiger partial charge in [0.1, 0.15) is 24.4 Å². The number of fused-ring (bicyclic) bond motifs is 5. The second-order valence-electron chi connectivity index (χ2n) is 12.2. The van der Waals surface area contributed by atoms with Crippen molar-refractivity contribution in [1.82, 2.24) is 0 Å². The molecule has 1 aliphatic heterocycles. The van der Waals surface area contributed by atoms with Gasteiger partial charge in [0.05, 0.1) is 18.8 Å². The maximum Gasteiger partial charge on any atom is 0.186 e. The maximum absolute atomic E-state index is 10.4. The summed E-state index contributed by atoms with van der Waals surface area (Å²) in [7, 11) is 1.89. The van der Waals surface area contributed by atoms with Crippen LogP contribution in [0.2, 0.25) is 0 Å². The van der Waals surface area contributed by atoms with E-state index in [4.69, 9.17) is 14.2 Å². The van der Waals surface area contributed by atoms with E-state index in [0.717, 1.165) is 37.0 Å². The summed E-state index contributed by atoms with van der Waals surface area (Å²) >= 11 is 0. The van der Waals surface area contributed by atoms with Gasteiger partial charge in [-0.2, -0.15) is 0 Å². The summed E-state index contributed by atoms with van der Waals surface area (Å²) in [6, 6.07) is 0. The van der Waals surface area contributed by atoms with Gasteiger partial charge in [0.25, 0.3) is 0 Å². The van der Waals surface area contributed by atoms with Crippen LogP contribution in [-0.2, 0) is 14.2 Å². The summed E-state index contributed by atoms with van der Waals surface area (Å²) in [6.07, 6.45) is 4.92. The standard InChI is InChI=1S/C26H44O7/c1-25-10-8-15(32-24-23(30)22(29)21(28)19(13-27)33-24)12-14(25)4-5-16-17-6-7-20(31-3)26(17,2)11-9-18(16)25/h14-24,27-30H,4-13H2,1-3H3/t14-,15+,16-,17-,18-,19+,20-,21+,22-,23+,24-,25-,26-/m0/s1. The van der Waals surface area contributed by atoms with Crippen molar-refractivity contribution >= 4 is 0 Å². The molecule has 4 N–H and O–H groups in total. The third kappa shape index (κ3) is 3.81. The molecule has 0 amide bonds. The minimum Gasteiger partial charge on any atom is -0.394 e. The zero-order chi connectivity index (χ0) is 23.5. The molecular formula is C26H44O7. The van der Waals surface area contributed by atoms with E-state index < -0.39 is 37.3 Å². The van der Waals surface area contributed by atoms with Crippen LogP contribution < -0.4 is 0 Å². The second kappa shape index (κ2) is 8.99. The largest absolute Gasteiger partial charge is 0.394 e. The molecule has 1 heterocycles. The molecule has 33 heavy (non-hydrogen) atoms. The number of ether oxygens (including phenoxy) is 3. The van der Waals surface area contributed by atoms with Crippen molar-refractivity contribution in [3.63, 3.8) is 0 Å². The lowest BCUT2D eigenvalue weighted by Crippen LogP contribution is -2.60. The molecule has 13 atom stereocenters. The molecular weight excluding hydrogens is 424 g/mol. The highest BCUT2D eigenvalue weighted by Gasteiger charge is 2.60. The Morgan fingerprint density at radius 3 is 2.30 bits per heavy atom. The molecule has 0 aromatic heterocycles. The average Bonchev–Trinajstić information content (AvgIpc) is 3.16. The Balaban J connectivity index is 1.25. The van der Waals surface area contributed by atoms with Gasteiger partial charge in [-0.15, -0.1) is 0 Å². The van der Waals surface area contributed by atoms with Crippen molar-refractivity contribution in [2.45, 2.75) is 115 Å². The number of hydrogen-bond acceptors (Lipinski definition) is 7. The van der Waals surface area contributed by atoms with Gasteiger partial charge in [-0.05, 0) is 92.3 Å². The predicted octanol–water partition coefficient (Wildman–Crippen LogP) is 2.23. The van der Waals surface area contributed by atoms with Gasteiger partial charge < -0.3 is 34.6 Å². The molecule has 4 saturated carbocycles. The summed E-state index contributed by atoms with van der Waals surface area (Å²) in [4.78, 5) is 0. The summed E-state index contributed by atoms with van der Waals surface area (Å²) in [6.45, 7) is 4.57. The van der Waals surface area contributed by atoms with Gasteiger partial charge in [0.15, 0.2) is 6.29 Å². The van der Waals surface area contributed by atoms with Crippen LogP contribution in [0.5, 0.6) is 0 Å². The van der Waals surface area contributed by atoms with E-state index in [1.807, 2.05) is 7.11 Å². The number of hydrogen-bond donors (Lipinski definition) is 4. The van der Waals surface area contributed by atoms with Crippen LogP contribution in [0.25, 0.3) is 0 Å². The Hall–Kier alpha value is -0.280. The molecule has 0 bridgehead atoms. The first-order valence-corrected chi connectivity index (χ1v) is 13.2. The number of aliphatic hydroxyl groups is 4. The van der Waals surface area contributed by atoms with E-state index in [1.165, 1.54) is 38.5 Å². The molecule has 0 radical (unpaired) electrons. The van der Waals surface area contributed by atoms with Crippen LogP contribution in [0.3, 0.4) is 0 Å². The number of aliphatic hydroxyl groups excluding tert-OH is 4. The zero-order valence-electron chi connectivity index (χ0n) is 20.4. The normalized spacial score (nSPS) is 56.6. The summed E-state index contributed by atoms with van der Waals surface area (Å²) in [5.74, 6) is 2.93. The van der Waals surface area contributed by atoms with Crippen molar-refractivity contribution in [3.8, 4) is 0 Å². The lowest BCUT2D eigenvalue weighted by atomic mass is 9.45. The third-order valence-electron chi connectivity index (χ3n) is 11.0. The highest BCUT2D eigenvalue weighted by molar-refractivity contribution is 5.10. The summed E-state index contributed by atoms with van der Waals surface area (Å²) in [5.41, 5.74) is 0.660. The highest BCUT2D eigenvalue weighted by Crippen LogP contribution is 2.66. The molecule has 5 fully saturated rings. The fraction of sp³-hybridized carbons (Fsp3) is 1.00. The summed E-state index contributed by atoms with van der Waals surface area (Å²) in [5, 5.41) is 40.0. The molecule has 0 unspecified atom stereocenters. The lowest BCUT2D eigenvalue weighted by molar-refractivity contribution is -0.316. The van der Waals surface area contributed by atoms with Crippen LogP contribution in [0, 0.1) is 34.5 Å². The van der Waals surface area contributed by atoms with Gasteiger partial charge in [-0.3, -0.25) is 0 Å². The topological polar surface area (TPSA) is 109 Å². The number of rotatable bonds is 4. The molecule has 0 aromatic carbocycles. The Kier molecular flexibility index (Phi) is 6.65. The fourth-order valence-electron chi connectivity index (χ4n) is 9.05. The number of methoxy groups -OCH3 is 1. The van der Waals surface area contributed by atoms with Crippen molar-refractivity contribution in [3.05, 3.63) is 0 Å². The van der Waals surface area contributed by atoms with Crippen LogP contribution in [-0.4, -0.2) is 77.1 Å². The fourth-order valence-corrected chi connectivity index (χ4v) is 9.05. The molecule has 7 heteroatoms. The van der Waals surface area contributed by atoms with E-state index in [2.05, 4.69) is 13.8 Å². The van der Waals surface area contributed by atoms with Gasteiger partial charge in [-0.1, -0.05) is 13.8 Å². The first-order chi connectivity index (χ1) is 15.7. The van der Waals surface area contributed by atoms with Gasteiger partial charge >= 0.3 is 0 Å². The highest BCUT2D eigenvalue weighted by atomic mass is 16.7.